The molecule has 0 bridgehead atoms. The quantitative estimate of drug-likeness (QED) is 0.178. The minimum atomic E-state index is -1.04. The van der Waals surface area contributed by atoms with Gasteiger partial charge in [0, 0.05) is 41.7 Å². The lowest BCUT2D eigenvalue weighted by Gasteiger charge is -2.36. The summed E-state index contributed by atoms with van der Waals surface area (Å²) < 4.78 is 36.3. The molecule has 0 N–H and O–H groups in total. The number of rotatable bonds is 9. The van der Waals surface area contributed by atoms with E-state index in [2.05, 4.69) is 25.9 Å². The highest BCUT2D eigenvalue weighted by atomic mass is 32.2. The highest BCUT2D eigenvalue weighted by Crippen LogP contribution is 2.48. The molecule has 6 rings (SSSR count). The SMILES string of the molecule is C#CCOc1cnc(/C(F)=C/c2ccc(F)c([C@]34CN(c5ncccn5)C[C@H]3CSC(CC(=O)c3ccccc3)=N4)c2)cn1. The predicted molar refractivity (Wildman–Crippen MR) is 166 cm³/mol. The number of terminal acetylenes is 1. The lowest BCUT2D eigenvalue weighted by Crippen LogP contribution is -2.39. The molecule has 0 saturated carbocycles. The van der Waals surface area contributed by atoms with Crippen molar-refractivity contribution in [1.82, 2.24) is 19.9 Å². The number of aliphatic imine (C=N–C) groups is 1. The Morgan fingerprint density at radius 3 is 2.68 bits per heavy atom. The van der Waals surface area contributed by atoms with Crippen molar-refractivity contribution in [2.24, 2.45) is 10.9 Å². The van der Waals surface area contributed by atoms with Gasteiger partial charge in [0.25, 0.3) is 0 Å². The normalized spacial score (nSPS) is 19.6. The van der Waals surface area contributed by atoms with Crippen LogP contribution in [-0.2, 0) is 5.54 Å². The zero-order chi connectivity index (χ0) is 30.5. The number of hydrogen-bond acceptors (Lipinski definition) is 9. The number of carbonyl (C=O) groups excluding carboxylic acids is 1. The second-order valence-corrected chi connectivity index (χ2v) is 11.4. The molecule has 0 amide bonds. The molecule has 11 heteroatoms. The molecular formula is C33H26F2N6O2S. The van der Waals surface area contributed by atoms with Crippen molar-refractivity contribution >= 4 is 40.4 Å². The minimum Gasteiger partial charge on any atom is -0.463 e. The summed E-state index contributed by atoms with van der Waals surface area (Å²) in [7, 11) is 0. The van der Waals surface area contributed by atoms with Gasteiger partial charge in [0.1, 0.15) is 17.1 Å². The summed E-state index contributed by atoms with van der Waals surface area (Å²) in [6, 6.07) is 15.2. The van der Waals surface area contributed by atoms with Gasteiger partial charge in [0.05, 0.1) is 30.4 Å². The molecule has 1 fully saturated rings. The van der Waals surface area contributed by atoms with E-state index < -0.39 is 17.2 Å². The Hall–Kier alpha value is -4.95. The first-order valence-corrected chi connectivity index (χ1v) is 14.8. The van der Waals surface area contributed by atoms with Gasteiger partial charge in [-0.2, -0.15) is 0 Å². The molecule has 0 spiro atoms. The molecule has 4 aromatic rings. The van der Waals surface area contributed by atoms with Crippen LogP contribution in [0.4, 0.5) is 14.7 Å². The average molecular weight is 609 g/mol. The largest absolute Gasteiger partial charge is 0.463 e. The first-order valence-electron chi connectivity index (χ1n) is 13.8. The van der Waals surface area contributed by atoms with Gasteiger partial charge in [-0.25, -0.2) is 28.7 Å². The van der Waals surface area contributed by atoms with Crippen LogP contribution in [0.15, 0.2) is 84.4 Å². The Morgan fingerprint density at radius 2 is 1.93 bits per heavy atom. The van der Waals surface area contributed by atoms with Crippen molar-refractivity contribution in [3.8, 4) is 18.2 Å². The number of hydrogen-bond donors (Lipinski definition) is 0. The van der Waals surface area contributed by atoms with E-state index >= 15 is 8.78 Å². The van der Waals surface area contributed by atoms with Crippen molar-refractivity contribution in [3.05, 3.63) is 108 Å². The third-order valence-electron chi connectivity index (χ3n) is 7.49. The molecule has 44 heavy (non-hydrogen) atoms. The molecule has 1 saturated heterocycles. The fourth-order valence-corrected chi connectivity index (χ4v) is 6.65. The van der Waals surface area contributed by atoms with Crippen LogP contribution in [-0.4, -0.2) is 56.2 Å². The van der Waals surface area contributed by atoms with E-state index in [1.165, 1.54) is 42.4 Å². The molecule has 0 aliphatic carbocycles. The van der Waals surface area contributed by atoms with E-state index in [1.807, 2.05) is 23.1 Å². The van der Waals surface area contributed by atoms with Crippen LogP contribution in [0.5, 0.6) is 5.88 Å². The Morgan fingerprint density at radius 1 is 1.11 bits per heavy atom. The smallest absolute Gasteiger partial charge is 0.233 e. The maximum Gasteiger partial charge on any atom is 0.233 e. The molecule has 2 atom stereocenters. The van der Waals surface area contributed by atoms with E-state index in [-0.39, 0.29) is 36.3 Å². The lowest BCUT2D eigenvalue weighted by atomic mass is 9.80. The zero-order valence-corrected chi connectivity index (χ0v) is 24.3. The van der Waals surface area contributed by atoms with Crippen LogP contribution in [0.2, 0.25) is 0 Å². The highest BCUT2D eigenvalue weighted by molar-refractivity contribution is 8.14. The molecule has 2 aromatic heterocycles. The van der Waals surface area contributed by atoms with E-state index in [1.54, 1.807) is 36.7 Å². The summed E-state index contributed by atoms with van der Waals surface area (Å²) in [6.07, 6.45) is 12.4. The molecule has 2 aliphatic rings. The van der Waals surface area contributed by atoms with Gasteiger partial charge in [-0.3, -0.25) is 9.79 Å². The maximum absolute atomic E-state index is 15.8. The van der Waals surface area contributed by atoms with Gasteiger partial charge in [-0.05, 0) is 29.8 Å². The van der Waals surface area contributed by atoms with Crippen LogP contribution in [0.25, 0.3) is 11.9 Å². The van der Waals surface area contributed by atoms with E-state index in [4.69, 9.17) is 16.2 Å². The Bertz CT molecular complexity index is 1760. The van der Waals surface area contributed by atoms with E-state index in [0.29, 0.717) is 46.5 Å². The van der Waals surface area contributed by atoms with Crippen LogP contribution >= 0.6 is 11.8 Å². The van der Waals surface area contributed by atoms with Gasteiger partial charge in [-0.15, -0.1) is 18.2 Å². The highest BCUT2D eigenvalue weighted by Gasteiger charge is 2.52. The fraction of sp³-hybridized carbons (Fsp3) is 0.212. The summed E-state index contributed by atoms with van der Waals surface area (Å²) in [5.74, 6) is 2.32. The molecule has 0 unspecified atom stereocenters. The zero-order valence-electron chi connectivity index (χ0n) is 23.4. The number of Topliss-reactive ketones (excluding diaryl/α,β-unsaturated/α-hetero) is 1. The molecule has 220 valence electrons. The number of ether oxygens (including phenoxy) is 1. The van der Waals surface area contributed by atoms with Gasteiger partial charge < -0.3 is 9.64 Å². The first kappa shape index (κ1) is 29.1. The molecule has 4 heterocycles. The van der Waals surface area contributed by atoms with Gasteiger partial charge in [-0.1, -0.05) is 42.3 Å². The van der Waals surface area contributed by atoms with Crippen LogP contribution in [0.1, 0.15) is 33.6 Å². The molecular weight excluding hydrogens is 582 g/mol. The summed E-state index contributed by atoms with van der Waals surface area (Å²) in [5, 5.41) is 0.625. The van der Waals surface area contributed by atoms with Crippen LogP contribution in [0.3, 0.4) is 0 Å². The number of ketones is 1. The monoisotopic (exact) mass is 608 g/mol. The van der Waals surface area contributed by atoms with Crippen LogP contribution < -0.4 is 9.64 Å². The third-order valence-corrected chi connectivity index (χ3v) is 8.63. The Kier molecular flexibility index (Phi) is 8.43. The van der Waals surface area contributed by atoms with Gasteiger partial charge >= 0.3 is 0 Å². The summed E-state index contributed by atoms with van der Waals surface area (Å²) in [6.45, 7) is 0.852. The van der Waals surface area contributed by atoms with Crippen molar-refractivity contribution in [2.45, 2.75) is 12.0 Å². The van der Waals surface area contributed by atoms with Gasteiger partial charge in [0.2, 0.25) is 11.8 Å². The summed E-state index contributed by atoms with van der Waals surface area (Å²) in [4.78, 5) is 37.1. The Balaban J connectivity index is 1.36. The Labute approximate surface area is 257 Å². The number of anilines is 1. The molecule has 8 nitrogen and oxygen atoms in total. The summed E-state index contributed by atoms with van der Waals surface area (Å²) in [5.41, 5.74) is 0.270. The summed E-state index contributed by atoms with van der Waals surface area (Å²) >= 11 is 1.51. The molecule has 2 aliphatic heterocycles. The number of halogens is 2. The third kappa shape index (κ3) is 6.07. The van der Waals surface area contributed by atoms with Crippen molar-refractivity contribution in [2.75, 3.05) is 30.3 Å². The van der Waals surface area contributed by atoms with E-state index in [0.717, 1.165) is 0 Å². The lowest BCUT2D eigenvalue weighted by molar-refractivity contribution is 0.100. The molecule has 2 aromatic carbocycles. The number of nitrogens with zero attached hydrogens (tertiary/aromatic N) is 6. The minimum absolute atomic E-state index is 0.0120. The average Bonchev–Trinajstić information content (AvgIpc) is 3.46. The standard InChI is InChI=1S/C33H26F2N6O2S/c1-2-13-43-30-18-38-28(17-39-30)27(35)15-22-9-10-26(34)25(14-22)33-21-41(32-36-11-6-12-37-32)19-24(33)20-44-31(40-33)16-29(42)23-7-4-3-5-8-23/h1,3-12,14-15,17-18,24H,13,16,19-21H2/b27-15-/t24-,33-/m0/s1. The number of aromatic nitrogens is 4. The van der Waals surface area contributed by atoms with Crippen LogP contribution in [0, 0.1) is 24.1 Å². The second-order valence-electron chi connectivity index (χ2n) is 10.3. The van der Waals surface area contributed by atoms with Crippen molar-refractivity contribution in [1.29, 1.82) is 0 Å². The number of thioether (sulfide) groups is 1. The molecule has 0 radical (unpaired) electrons. The van der Waals surface area contributed by atoms with Crippen molar-refractivity contribution in [3.63, 3.8) is 0 Å². The van der Waals surface area contributed by atoms with Gasteiger partial charge in [0.15, 0.2) is 18.2 Å². The predicted octanol–water partition coefficient (Wildman–Crippen LogP) is 5.64. The first-order chi connectivity index (χ1) is 21.4. The number of fused-ring (bicyclic) bond motifs is 1. The van der Waals surface area contributed by atoms with E-state index in [9.17, 15) is 4.79 Å². The second kappa shape index (κ2) is 12.7. The number of benzene rings is 2. The number of carbonyl (C=O) groups is 1. The fourth-order valence-electron chi connectivity index (χ4n) is 5.41. The topological polar surface area (TPSA) is 93.5 Å². The maximum atomic E-state index is 15.8. The van der Waals surface area contributed by atoms with Crippen molar-refractivity contribution < 1.29 is 18.3 Å².